The Bertz CT molecular complexity index is 413. The molecule has 0 bridgehead atoms. The summed E-state index contributed by atoms with van der Waals surface area (Å²) in [6.45, 7) is 8.76. The molecule has 1 amide bonds. The first-order valence-electron chi connectivity index (χ1n) is 6.27. The van der Waals surface area contributed by atoms with E-state index in [1.165, 1.54) is 0 Å². The smallest absolute Gasteiger partial charge is 0.227 e. The number of hydrogen-bond donors (Lipinski definition) is 1. The fraction of sp³-hybridized carbons (Fsp3) is 0.400. The van der Waals surface area contributed by atoms with Crippen molar-refractivity contribution in [3.05, 3.63) is 48.0 Å². The number of carbonyl (C=O) groups excluding carboxylic acids is 1. The Labute approximate surface area is 109 Å². The fourth-order valence-corrected chi connectivity index (χ4v) is 1.93. The van der Waals surface area contributed by atoms with Crippen molar-refractivity contribution in [3.8, 4) is 0 Å². The van der Waals surface area contributed by atoms with Gasteiger partial charge in [-0.25, -0.2) is 0 Å². The summed E-state index contributed by atoms with van der Waals surface area (Å²) in [7, 11) is 0. The molecule has 0 radical (unpaired) electrons. The molecule has 0 aliphatic rings. The van der Waals surface area contributed by atoms with Crippen LogP contribution in [-0.4, -0.2) is 23.4 Å². The van der Waals surface area contributed by atoms with Crippen LogP contribution in [0.1, 0.15) is 25.0 Å². The third-order valence-corrected chi connectivity index (χ3v) is 2.95. The van der Waals surface area contributed by atoms with Crippen LogP contribution in [0.25, 0.3) is 0 Å². The van der Waals surface area contributed by atoms with Gasteiger partial charge in [0.1, 0.15) is 0 Å². The van der Waals surface area contributed by atoms with Crippen LogP contribution in [-0.2, 0) is 17.8 Å². The van der Waals surface area contributed by atoms with Gasteiger partial charge in [-0.2, -0.15) is 0 Å². The van der Waals surface area contributed by atoms with Gasteiger partial charge >= 0.3 is 0 Å². The minimum atomic E-state index is 0.116. The van der Waals surface area contributed by atoms with E-state index in [1.807, 2.05) is 43.0 Å². The monoisotopic (exact) mass is 246 g/mol. The predicted molar refractivity (Wildman–Crippen MR) is 75.1 cm³/mol. The molecule has 3 heteroatoms. The molecule has 1 rings (SSSR count). The highest BCUT2D eigenvalue weighted by atomic mass is 16.2. The molecule has 0 aromatic heterocycles. The van der Waals surface area contributed by atoms with E-state index in [9.17, 15) is 4.79 Å². The van der Waals surface area contributed by atoms with Crippen molar-refractivity contribution in [2.75, 3.05) is 6.54 Å². The standard InChI is InChI=1S/C15H22N2O/c1-4-9-17(12(2)3)15(18)10-13-7-5-6-8-14(13)11-16/h4-8,12H,1,9-11,16H2,2-3H3. The van der Waals surface area contributed by atoms with Gasteiger partial charge in [0.15, 0.2) is 0 Å². The van der Waals surface area contributed by atoms with Gasteiger partial charge in [0.05, 0.1) is 6.42 Å². The molecule has 0 spiro atoms. The van der Waals surface area contributed by atoms with E-state index >= 15 is 0 Å². The molecule has 0 unspecified atom stereocenters. The highest BCUT2D eigenvalue weighted by Gasteiger charge is 2.16. The van der Waals surface area contributed by atoms with Gasteiger partial charge in [0.25, 0.3) is 0 Å². The van der Waals surface area contributed by atoms with Crippen LogP contribution in [0.5, 0.6) is 0 Å². The molecule has 0 saturated carbocycles. The number of nitrogens with zero attached hydrogens (tertiary/aromatic N) is 1. The zero-order valence-electron chi connectivity index (χ0n) is 11.2. The minimum absolute atomic E-state index is 0.116. The summed E-state index contributed by atoms with van der Waals surface area (Å²) in [4.78, 5) is 14.1. The molecule has 18 heavy (non-hydrogen) atoms. The topological polar surface area (TPSA) is 46.3 Å². The average molecular weight is 246 g/mol. The summed E-state index contributed by atoms with van der Waals surface area (Å²) in [5.74, 6) is 0.116. The van der Waals surface area contributed by atoms with Gasteiger partial charge in [-0.3, -0.25) is 4.79 Å². The van der Waals surface area contributed by atoms with E-state index in [0.717, 1.165) is 11.1 Å². The van der Waals surface area contributed by atoms with E-state index < -0.39 is 0 Å². The van der Waals surface area contributed by atoms with Crippen LogP contribution in [0.3, 0.4) is 0 Å². The summed E-state index contributed by atoms with van der Waals surface area (Å²) in [5.41, 5.74) is 7.73. The molecule has 3 nitrogen and oxygen atoms in total. The van der Waals surface area contributed by atoms with Crippen molar-refractivity contribution in [1.29, 1.82) is 0 Å². The van der Waals surface area contributed by atoms with Crippen LogP contribution in [0.2, 0.25) is 0 Å². The maximum atomic E-state index is 12.2. The lowest BCUT2D eigenvalue weighted by atomic mass is 10.0. The van der Waals surface area contributed by atoms with Gasteiger partial charge in [-0.15, -0.1) is 6.58 Å². The lowest BCUT2D eigenvalue weighted by Gasteiger charge is -2.25. The first kappa shape index (κ1) is 14.5. The number of amides is 1. The Kier molecular flexibility index (Phi) is 5.59. The molecule has 0 fully saturated rings. The second-order valence-corrected chi connectivity index (χ2v) is 4.58. The maximum Gasteiger partial charge on any atom is 0.227 e. The minimum Gasteiger partial charge on any atom is -0.336 e. The van der Waals surface area contributed by atoms with Gasteiger partial charge in [0.2, 0.25) is 5.91 Å². The molecule has 0 aliphatic carbocycles. The van der Waals surface area contributed by atoms with Crippen molar-refractivity contribution in [1.82, 2.24) is 4.90 Å². The van der Waals surface area contributed by atoms with Crippen molar-refractivity contribution < 1.29 is 4.79 Å². The van der Waals surface area contributed by atoms with Crippen molar-refractivity contribution in [3.63, 3.8) is 0 Å². The van der Waals surface area contributed by atoms with Crippen LogP contribution >= 0.6 is 0 Å². The Balaban J connectivity index is 2.82. The Morgan fingerprint density at radius 3 is 2.50 bits per heavy atom. The summed E-state index contributed by atoms with van der Waals surface area (Å²) < 4.78 is 0. The third kappa shape index (κ3) is 3.70. The van der Waals surface area contributed by atoms with Crippen LogP contribution in [0.4, 0.5) is 0 Å². The average Bonchev–Trinajstić information content (AvgIpc) is 2.36. The number of benzene rings is 1. The Morgan fingerprint density at radius 2 is 2.00 bits per heavy atom. The van der Waals surface area contributed by atoms with E-state index in [4.69, 9.17) is 5.73 Å². The van der Waals surface area contributed by atoms with Gasteiger partial charge in [-0.05, 0) is 25.0 Å². The lowest BCUT2D eigenvalue weighted by Crippen LogP contribution is -2.38. The van der Waals surface area contributed by atoms with Crippen molar-refractivity contribution >= 4 is 5.91 Å². The number of carbonyl (C=O) groups is 1. The highest BCUT2D eigenvalue weighted by molar-refractivity contribution is 5.79. The number of rotatable bonds is 6. The Hall–Kier alpha value is -1.61. The molecular weight excluding hydrogens is 224 g/mol. The summed E-state index contributed by atoms with van der Waals surface area (Å²) in [5, 5.41) is 0. The summed E-state index contributed by atoms with van der Waals surface area (Å²) in [6, 6.07) is 8.00. The fourth-order valence-electron chi connectivity index (χ4n) is 1.93. The quantitative estimate of drug-likeness (QED) is 0.781. The van der Waals surface area contributed by atoms with E-state index in [2.05, 4.69) is 6.58 Å². The van der Waals surface area contributed by atoms with Gasteiger partial charge in [-0.1, -0.05) is 30.3 Å². The molecule has 98 valence electrons. The van der Waals surface area contributed by atoms with E-state index in [1.54, 1.807) is 6.08 Å². The van der Waals surface area contributed by atoms with Crippen molar-refractivity contribution in [2.45, 2.75) is 32.9 Å². The number of hydrogen-bond acceptors (Lipinski definition) is 2. The molecule has 0 aliphatic heterocycles. The van der Waals surface area contributed by atoms with Gasteiger partial charge < -0.3 is 10.6 Å². The first-order valence-corrected chi connectivity index (χ1v) is 6.27. The predicted octanol–water partition coefficient (Wildman–Crippen LogP) is 2.11. The van der Waals surface area contributed by atoms with Crippen LogP contribution in [0, 0.1) is 0 Å². The van der Waals surface area contributed by atoms with Crippen molar-refractivity contribution in [2.24, 2.45) is 5.73 Å². The highest BCUT2D eigenvalue weighted by Crippen LogP contribution is 2.11. The van der Waals surface area contributed by atoms with E-state index in [0.29, 0.717) is 19.5 Å². The normalized spacial score (nSPS) is 10.4. The Morgan fingerprint density at radius 1 is 1.39 bits per heavy atom. The zero-order valence-corrected chi connectivity index (χ0v) is 11.2. The second kappa shape index (κ2) is 6.97. The lowest BCUT2D eigenvalue weighted by molar-refractivity contribution is -0.131. The number of nitrogens with two attached hydrogens (primary N) is 1. The molecular formula is C15H22N2O. The molecule has 0 saturated heterocycles. The van der Waals surface area contributed by atoms with Crippen LogP contribution < -0.4 is 5.73 Å². The van der Waals surface area contributed by atoms with E-state index in [-0.39, 0.29) is 11.9 Å². The van der Waals surface area contributed by atoms with Gasteiger partial charge in [0, 0.05) is 19.1 Å². The summed E-state index contributed by atoms with van der Waals surface area (Å²) in [6.07, 6.45) is 2.16. The maximum absolute atomic E-state index is 12.2. The second-order valence-electron chi connectivity index (χ2n) is 4.58. The first-order chi connectivity index (χ1) is 8.60. The molecule has 2 N–H and O–H groups in total. The molecule has 1 aromatic carbocycles. The van der Waals surface area contributed by atoms with Crippen LogP contribution in [0.15, 0.2) is 36.9 Å². The molecule has 1 aromatic rings. The largest absolute Gasteiger partial charge is 0.336 e. The SMILES string of the molecule is C=CCN(C(=O)Cc1ccccc1CN)C(C)C. The molecule has 0 heterocycles. The third-order valence-electron chi connectivity index (χ3n) is 2.95. The summed E-state index contributed by atoms with van der Waals surface area (Å²) >= 11 is 0. The zero-order chi connectivity index (χ0) is 13.5. The molecule has 0 atom stereocenters.